The molecule has 3 heterocycles. The number of aryl methyl sites for hydroxylation is 1. The fourth-order valence-electron chi connectivity index (χ4n) is 5.53. The van der Waals surface area contributed by atoms with E-state index in [1.807, 2.05) is 30.3 Å². The van der Waals surface area contributed by atoms with E-state index in [9.17, 15) is 40.4 Å². The number of sulfonamides is 1. The number of carbonyl (C=O) groups excluding carboxylic acids is 1. The van der Waals surface area contributed by atoms with Crippen molar-refractivity contribution in [2.24, 2.45) is 0 Å². The summed E-state index contributed by atoms with van der Waals surface area (Å²) in [6.07, 6.45) is -5.40. The van der Waals surface area contributed by atoms with Crippen LogP contribution >= 0.6 is 24.8 Å². The van der Waals surface area contributed by atoms with E-state index in [2.05, 4.69) is 9.88 Å². The van der Waals surface area contributed by atoms with Crippen molar-refractivity contribution in [3.05, 3.63) is 65.5 Å². The van der Waals surface area contributed by atoms with E-state index in [0.29, 0.717) is 38.2 Å². The molecule has 1 amide bonds. The summed E-state index contributed by atoms with van der Waals surface area (Å²) in [5, 5.41) is 9.45. The number of hydrogen-bond acceptors (Lipinski definition) is 6. The van der Waals surface area contributed by atoms with E-state index in [-0.39, 0.29) is 62.2 Å². The van der Waals surface area contributed by atoms with Gasteiger partial charge in [-0.2, -0.15) is 22.0 Å². The molecule has 0 aliphatic carbocycles. The molecule has 1 aromatic carbocycles. The average molecular weight is 678 g/mol. The van der Waals surface area contributed by atoms with Gasteiger partial charge in [-0.1, -0.05) is 36.4 Å². The number of halogens is 7. The van der Waals surface area contributed by atoms with Crippen LogP contribution < -0.4 is 5.48 Å². The van der Waals surface area contributed by atoms with Crippen LogP contribution in [0.4, 0.5) is 22.0 Å². The molecule has 4 rings (SSSR count). The smallest absolute Gasteiger partial charge is 0.299 e. The summed E-state index contributed by atoms with van der Waals surface area (Å²) >= 11 is 0. The van der Waals surface area contributed by atoms with E-state index < -0.39 is 45.6 Å². The highest BCUT2D eigenvalue weighted by Gasteiger charge is 2.57. The summed E-state index contributed by atoms with van der Waals surface area (Å²) in [5.41, 5.74) is 3.47. The summed E-state index contributed by atoms with van der Waals surface area (Å²) in [5.74, 6) is -5.89. The van der Waals surface area contributed by atoms with Crippen LogP contribution in [0, 0.1) is 0 Å². The number of aromatic nitrogens is 1. The summed E-state index contributed by atoms with van der Waals surface area (Å²) in [6.45, 7) is 1.54. The van der Waals surface area contributed by atoms with Crippen molar-refractivity contribution in [2.75, 3.05) is 26.2 Å². The summed E-state index contributed by atoms with van der Waals surface area (Å²) in [7, 11) is -4.15. The van der Waals surface area contributed by atoms with Gasteiger partial charge in [0.25, 0.3) is 5.91 Å². The van der Waals surface area contributed by atoms with Crippen molar-refractivity contribution in [1.29, 1.82) is 0 Å². The van der Waals surface area contributed by atoms with Gasteiger partial charge < -0.3 is 0 Å². The molecule has 0 spiro atoms. The number of hydroxylamine groups is 1. The van der Waals surface area contributed by atoms with Gasteiger partial charge in [-0.3, -0.25) is 19.9 Å². The topological polar surface area (TPSA) is 103 Å². The number of nitrogens with one attached hydrogen (secondary N) is 1. The number of rotatable bonds is 9. The Kier molecular flexibility index (Phi) is 12.8. The lowest BCUT2D eigenvalue weighted by Gasteiger charge is -2.43. The summed E-state index contributed by atoms with van der Waals surface area (Å²) in [6, 6.07) is 12.7. The van der Waals surface area contributed by atoms with Crippen LogP contribution in [0.5, 0.6) is 0 Å². The minimum absolute atomic E-state index is 0. The molecular weight excluding hydrogens is 642 g/mol. The zero-order chi connectivity index (χ0) is 29.9. The fourth-order valence-corrected chi connectivity index (χ4v) is 7.69. The molecule has 2 fully saturated rings. The van der Waals surface area contributed by atoms with Crippen molar-refractivity contribution < 1.29 is 40.4 Å². The van der Waals surface area contributed by atoms with Crippen LogP contribution in [0.2, 0.25) is 0 Å². The van der Waals surface area contributed by atoms with Gasteiger partial charge >= 0.3 is 12.1 Å². The van der Waals surface area contributed by atoms with E-state index >= 15 is 0 Å². The molecule has 1 aromatic heterocycles. The first-order valence-corrected chi connectivity index (χ1v) is 14.8. The van der Waals surface area contributed by atoms with Crippen LogP contribution in [0.15, 0.2) is 48.7 Å². The maximum atomic E-state index is 13.8. The third-order valence-electron chi connectivity index (χ3n) is 8.12. The molecule has 16 heteroatoms. The Balaban J connectivity index is 0.00000323. The number of hydrogen-bond donors (Lipinski definition) is 2. The number of piperidine rings is 2. The van der Waals surface area contributed by atoms with Gasteiger partial charge in [-0.25, -0.2) is 18.2 Å². The van der Waals surface area contributed by atoms with Crippen LogP contribution in [0.3, 0.4) is 0 Å². The van der Waals surface area contributed by atoms with Crippen LogP contribution in [-0.2, 0) is 27.8 Å². The predicted octanol–water partition coefficient (Wildman–Crippen LogP) is 5.10. The van der Waals surface area contributed by atoms with E-state index in [4.69, 9.17) is 0 Å². The van der Waals surface area contributed by atoms with Gasteiger partial charge in [0, 0.05) is 57.0 Å². The maximum Gasteiger partial charge on any atom is 0.453 e. The lowest BCUT2D eigenvalue weighted by molar-refractivity contribution is -0.284. The first kappa shape index (κ1) is 37.1. The molecule has 2 saturated heterocycles. The number of alkyl halides is 5. The Morgan fingerprint density at radius 1 is 0.953 bits per heavy atom. The molecule has 2 aliphatic heterocycles. The highest BCUT2D eigenvalue weighted by atomic mass is 35.5. The first-order chi connectivity index (χ1) is 19.3. The quantitative estimate of drug-likeness (QED) is 0.218. The van der Waals surface area contributed by atoms with Crippen LogP contribution in [0.1, 0.15) is 54.8 Å². The predicted molar refractivity (Wildman–Crippen MR) is 154 cm³/mol. The van der Waals surface area contributed by atoms with Gasteiger partial charge in [0.15, 0.2) is 4.75 Å². The van der Waals surface area contributed by atoms with Gasteiger partial charge in [0.05, 0.1) is 0 Å². The molecule has 0 bridgehead atoms. The molecule has 2 N–H and O–H groups in total. The number of nitrogens with zero attached hydrogens (tertiary/aromatic N) is 3. The minimum atomic E-state index is -5.61. The average Bonchev–Trinajstić information content (AvgIpc) is 2.96. The van der Waals surface area contributed by atoms with E-state index in [1.165, 1.54) is 16.6 Å². The van der Waals surface area contributed by atoms with Gasteiger partial charge in [-0.05, 0) is 49.3 Å². The Bertz CT molecular complexity index is 1290. The number of pyridine rings is 1. The number of carbonyl (C=O) groups is 1. The van der Waals surface area contributed by atoms with Crippen molar-refractivity contribution in [3.63, 3.8) is 0 Å². The third-order valence-corrected chi connectivity index (χ3v) is 10.8. The monoisotopic (exact) mass is 676 g/mol. The lowest BCUT2D eigenvalue weighted by Crippen LogP contribution is -2.62. The second-order valence-electron chi connectivity index (χ2n) is 10.7. The Hall–Kier alpha value is -2.10. The fraction of sp³-hybridized carbons (Fsp3) is 0.556. The first-order valence-electron chi connectivity index (χ1n) is 13.4. The molecule has 8 nitrogen and oxygen atoms in total. The molecule has 0 radical (unpaired) electrons. The van der Waals surface area contributed by atoms with Gasteiger partial charge in [0.1, 0.15) is 0 Å². The Morgan fingerprint density at radius 2 is 1.56 bits per heavy atom. The van der Waals surface area contributed by atoms with Crippen LogP contribution in [-0.4, -0.2) is 76.7 Å². The number of amides is 1. The highest BCUT2D eigenvalue weighted by Crippen LogP contribution is 2.39. The van der Waals surface area contributed by atoms with Crippen molar-refractivity contribution >= 4 is 40.7 Å². The van der Waals surface area contributed by atoms with Gasteiger partial charge in [0.2, 0.25) is 10.0 Å². The van der Waals surface area contributed by atoms with Crippen molar-refractivity contribution in [2.45, 2.75) is 67.8 Å². The summed E-state index contributed by atoms with van der Waals surface area (Å²) < 4.78 is 90.8. The van der Waals surface area contributed by atoms with Crippen LogP contribution in [0.25, 0.3) is 0 Å². The number of likely N-dealkylation sites (tertiary alicyclic amines) is 1. The SMILES string of the molecule is Cl.Cl.O=C(NO)C1(S(=O)(=O)N2CCC(c3ccc(CCC(F)(F)C(F)(F)F)cn3)CC2)CCN(Cc2ccccc2)CC1. The molecule has 0 unspecified atom stereocenters. The van der Waals surface area contributed by atoms with E-state index in [0.717, 1.165) is 5.56 Å². The zero-order valence-corrected chi connectivity index (χ0v) is 25.6. The lowest BCUT2D eigenvalue weighted by atomic mass is 9.93. The van der Waals surface area contributed by atoms with Gasteiger partial charge in [-0.15, -0.1) is 24.8 Å². The largest absolute Gasteiger partial charge is 0.453 e. The van der Waals surface area contributed by atoms with Crippen molar-refractivity contribution in [3.8, 4) is 0 Å². The second-order valence-corrected chi connectivity index (χ2v) is 12.9. The number of benzene rings is 1. The highest BCUT2D eigenvalue weighted by molar-refractivity contribution is 7.91. The third kappa shape index (κ3) is 8.14. The molecule has 242 valence electrons. The Labute approximate surface area is 259 Å². The zero-order valence-electron chi connectivity index (χ0n) is 23.1. The molecule has 2 aromatic rings. The molecular formula is C27H35Cl2F5N4O4S. The molecule has 43 heavy (non-hydrogen) atoms. The second kappa shape index (κ2) is 14.8. The van der Waals surface area contributed by atoms with E-state index in [1.54, 1.807) is 11.5 Å². The van der Waals surface area contributed by atoms with Crippen molar-refractivity contribution in [1.82, 2.24) is 19.7 Å². The standard InChI is InChI=1S/C27H33F5N4O4S.2ClH/c28-26(29,27(30,31)32)11-8-20-6-7-23(33-18-20)22-9-14-36(15-10-22)41(39,40)25(24(37)34-38)12-16-35(17-13-25)19-21-4-2-1-3-5-21;;/h1-7,18,22,38H,8-17,19H2,(H,34,37);2*1H. The normalized spacial score (nSPS) is 18.7. The minimum Gasteiger partial charge on any atom is -0.299 e. The molecule has 0 atom stereocenters. The molecule has 0 saturated carbocycles. The molecule has 2 aliphatic rings. The summed E-state index contributed by atoms with van der Waals surface area (Å²) in [4.78, 5) is 19.1. The maximum absolute atomic E-state index is 13.8. The Morgan fingerprint density at radius 3 is 2.07 bits per heavy atom.